The van der Waals surface area contributed by atoms with Gasteiger partial charge in [-0.2, -0.15) is 0 Å². The Morgan fingerprint density at radius 1 is 1.33 bits per heavy atom. The number of carbonyl (C=O) groups is 2. The van der Waals surface area contributed by atoms with Gasteiger partial charge in [-0.25, -0.2) is 0 Å². The van der Waals surface area contributed by atoms with Crippen molar-refractivity contribution in [1.82, 2.24) is 0 Å². The highest BCUT2D eigenvalue weighted by Gasteiger charge is 2.17. The maximum atomic E-state index is 10.8. The van der Waals surface area contributed by atoms with Gasteiger partial charge in [0.1, 0.15) is 0 Å². The van der Waals surface area contributed by atoms with Crippen molar-refractivity contribution in [2.24, 2.45) is 0 Å². The molecule has 12 heavy (non-hydrogen) atoms. The number of ketones is 1. The van der Waals surface area contributed by atoms with E-state index in [1.54, 1.807) is 12.2 Å². The van der Waals surface area contributed by atoms with Crippen molar-refractivity contribution in [1.29, 1.82) is 0 Å². The van der Waals surface area contributed by atoms with Gasteiger partial charge in [-0.15, -0.1) is 0 Å². The van der Waals surface area contributed by atoms with Crippen molar-refractivity contribution < 1.29 is 14.3 Å². The molecule has 0 heterocycles. The van der Waals surface area contributed by atoms with Crippen LogP contribution in [0.25, 0.3) is 0 Å². The molecule has 0 saturated carbocycles. The van der Waals surface area contributed by atoms with E-state index in [-0.39, 0.29) is 11.9 Å². The predicted octanol–water partition coefficient (Wildman–Crippen LogP) is 1.64. The summed E-state index contributed by atoms with van der Waals surface area (Å²) in [6.45, 7) is 4.49. The normalized spacial score (nSPS) is 10.7. The lowest BCUT2D eigenvalue weighted by molar-refractivity contribution is -0.144. The summed E-state index contributed by atoms with van der Waals surface area (Å²) < 4.78 is 4.69. The summed E-state index contributed by atoms with van der Waals surface area (Å²) in [5.41, 5.74) is 0. The number of hydrogen-bond acceptors (Lipinski definition) is 3. The highest BCUT2D eigenvalue weighted by atomic mass is 16.5. The lowest BCUT2D eigenvalue weighted by Gasteiger charge is -2.08. The van der Waals surface area contributed by atoms with Crippen LogP contribution in [-0.4, -0.2) is 11.8 Å². The van der Waals surface area contributed by atoms with Crippen molar-refractivity contribution in [2.75, 3.05) is 0 Å². The van der Waals surface area contributed by atoms with E-state index in [0.717, 1.165) is 0 Å². The molecule has 0 amide bonds. The van der Waals surface area contributed by atoms with E-state index in [9.17, 15) is 9.59 Å². The van der Waals surface area contributed by atoms with Crippen LogP contribution < -0.4 is 0 Å². The fourth-order valence-corrected chi connectivity index (χ4v) is 0.656. The zero-order valence-electron chi connectivity index (χ0n) is 7.59. The molecule has 0 atom stereocenters. The van der Waals surface area contributed by atoms with Crippen LogP contribution in [0.3, 0.4) is 0 Å². The Kier molecular flexibility index (Phi) is 5.00. The van der Waals surface area contributed by atoms with Crippen molar-refractivity contribution >= 4 is 11.8 Å². The van der Waals surface area contributed by atoms with Gasteiger partial charge in [0, 0.05) is 13.3 Å². The van der Waals surface area contributed by atoms with Crippen LogP contribution in [0.5, 0.6) is 0 Å². The lowest BCUT2D eigenvalue weighted by Crippen LogP contribution is -2.14. The van der Waals surface area contributed by atoms with Crippen LogP contribution in [0, 0.1) is 6.10 Å². The standard InChI is InChI=1S/C9H13O3/c1-4-5-6-9(7(2)10)12-8(3)11/h4-5H,6H2,1-3H3. The maximum Gasteiger partial charge on any atom is 0.303 e. The lowest BCUT2D eigenvalue weighted by atomic mass is 10.2. The third-order valence-corrected chi connectivity index (χ3v) is 1.20. The second-order valence-electron chi connectivity index (χ2n) is 2.35. The molecule has 1 radical (unpaired) electrons. The fourth-order valence-electron chi connectivity index (χ4n) is 0.656. The number of carbonyl (C=O) groups excluding carboxylic acids is 2. The zero-order chi connectivity index (χ0) is 9.56. The van der Waals surface area contributed by atoms with Crippen LogP contribution in [0.2, 0.25) is 0 Å². The van der Waals surface area contributed by atoms with Crippen molar-refractivity contribution in [2.45, 2.75) is 27.2 Å². The van der Waals surface area contributed by atoms with E-state index in [0.29, 0.717) is 6.42 Å². The molecular weight excluding hydrogens is 156 g/mol. The molecule has 0 aromatic carbocycles. The Balaban J connectivity index is 4.04. The maximum absolute atomic E-state index is 10.8. The molecule has 0 aliphatic heterocycles. The summed E-state index contributed by atoms with van der Waals surface area (Å²) in [6, 6.07) is 0. The minimum Gasteiger partial charge on any atom is -0.446 e. The molecule has 0 aromatic rings. The minimum absolute atomic E-state index is 0.195. The Hall–Kier alpha value is -1.12. The molecule has 0 fully saturated rings. The Bertz CT molecular complexity index is 194. The first kappa shape index (κ1) is 10.9. The first-order valence-electron chi connectivity index (χ1n) is 3.74. The van der Waals surface area contributed by atoms with Crippen molar-refractivity contribution in [3.63, 3.8) is 0 Å². The van der Waals surface area contributed by atoms with Crippen LogP contribution >= 0.6 is 0 Å². The van der Waals surface area contributed by atoms with Gasteiger partial charge in [0.15, 0.2) is 5.78 Å². The van der Waals surface area contributed by atoms with Gasteiger partial charge in [-0.05, 0) is 13.8 Å². The average Bonchev–Trinajstić information content (AvgIpc) is 1.96. The molecule has 0 bridgehead atoms. The molecule has 0 aliphatic rings. The highest BCUT2D eigenvalue weighted by Crippen LogP contribution is 2.10. The molecule has 3 nitrogen and oxygen atoms in total. The third kappa shape index (κ3) is 4.66. The summed E-state index contributed by atoms with van der Waals surface area (Å²) in [4.78, 5) is 21.3. The van der Waals surface area contributed by atoms with E-state index in [1.165, 1.54) is 13.8 Å². The predicted molar refractivity (Wildman–Crippen MR) is 45.1 cm³/mol. The number of Topliss-reactive ketones (excluding diaryl/α,β-unsaturated/α-hetero) is 1. The topological polar surface area (TPSA) is 43.4 Å². The molecule has 67 valence electrons. The van der Waals surface area contributed by atoms with E-state index >= 15 is 0 Å². The van der Waals surface area contributed by atoms with Gasteiger partial charge >= 0.3 is 5.97 Å². The smallest absolute Gasteiger partial charge is 0.303 e. The molecule has 0 spiro atoms. The number of allylic oxidation sites excluding steroid dienone is 1. The van der Waals surface area contributed by atoms with Crippen LogP contribution in [-0.2, 0) is 14.3 Å². The zero-order valence-corrected chi connectivity index (χ0v) is 7.59. The quantitative estimate of drug-likeness (QED) is 0.474. The molecule has 0 unspecified atom stereocenters. The van der Waals surface area contributed by atoms with E-state index < -0.39 is 5.97 Å². The average molecular weight is 169 g/mol. The number of ether oxygens (including phenoxy) is 1. The van der Waals surface area contributed by atoms with Gasteiger partial charge in [0.25, 0.3) is 0 Å². The third-order valence-electron chi connectivity index (χ3n) is 1.20. The first-order chi connectivity index (χ1) is 5.57. The van der Waals surface area contributed by atoms with Gasteiger partial charge in [-0.1, -0.05) is 12.2 Å². The molecule has 3 heteroatoms. The Morgan fingerprint density at radius 3 is 2.25 bits per heavy atom. The van der Waals surface area contributed by atoms with Crippen LogP contribution in [0.4, 0.5) is 0 Å². The summed E-state index contributed by atoms with van der Waals surface area (Å²) in [6.07, 6.45) is 4.14. The minimum atomic E-state index is -0.454. The molecule has 0 N–H and O–H groups in total. The number of hydrogen-bond donors (Lipinski definition) is 0. The second kappa shape index (κ2) is 5.52. The van der Waals surface area contributed by atoms with Crippen molar-refractivity contribution in [3.8, 4) is 0 Å². The Morgan fingerprint density at radius 2 is 1.92 bits per heavy atom. The van der Waals surface area contributed by atoms with Gasteiger partial charge in [0.05, 0.1) is 0 Å². The second-order valence-corrected chi connectivity index (χ2v) is 2.35. The highest BCUT2D eigenvalue weighted by molar-refractivity contribution is 5.90. The summed E-state index contributed by atoms with van der Waals surface area (Å²) >= 11 is 0. The fraction of sp³-hybridized carbons (Fsp3) is 0.444. The van der Waals surface area contributed by atoms with E-state index in [1.807, 2.05) is 6.92 Å². The molecule has 0 saturated heterocycles. The van der Waals surface area contributed by atoms with Gasteiger partial charge in [-0.3, -0.25) is 9.59 Å². The monoisotopic (exact) mass is 169 g/mol. The SMILES string of the molecule is CC=CC[C](OC(C)=O)C(C)=O. The summed E-state index contributed by atoms with van der Waals surface area (Å²) in [7, 11) is 0. The molecule has 0 rings (SSSR count). The van der Waals surface area contributed by atoms with Gasteiger partial charge < -0.3 is 4.74 Å². The summed E-state index contributed by atoms with van der Waals surface area (Å²) in [5.74, 6) is -0.659. The van der Waals surface area contributed by atoms with E-state index in [2.05, 4.69) is 0 Å². The number of esters is 1. The van der Waals surface area contributed by atoms with E-state index in [4.69, 9.17) is 4.74 Å². The van der Waals surface area contributed by atoms with Gasteiger partial charge in [0.2, 0.25) is 6.10 Å². The van der Waals surface area contributed by atoms with Crippen LogP contribution in [0.15, 0.2) is 12.2 Å². The number of rotatable bonds is 4. The summed E-state index contributed by atoms with van der Waals surface area (Å²) in [5, 5.41) is 0. The molecule has 0 aromatic heterocycles. The molecular formula is C9H13O3. The largest absolute Gasteiger partial charge is 0.446 e. The first-order valence-corrected chi connectivity index (χ1v) is 3.74. The van der Waals surface area contributed by atoms with Crippen molar-refractivity contribution in [3.05, 3.63) is 18.3 Å². The Labute approximate surface area is 72.4 Å². The van der Waals surface area contributed by atoms with Crippen LogP contribution in [0.1, 0.15) is 27.2 Å². The molecule has 0 aliphatic carbocycles.